The van der Waals surface area contributed by atoms with Crippen LogP contribution in [0.5, 0.6) is 5.75 Å². The van der Waals surface area contributed by atoms with Crippen LogP contribution in [0.25, 0.3) is 0 Å². The van der Waals surface area contributed by atoms with E-state index in [2.05, 4.69) is 10.6 Å². The lowest BCUT2D eigenvalue weighted by atomic mass is 10.1. The maximum Gasteiger partial charge on any atom is 0.319 e. The molecule has 2 rings (SSSR count). The molecule has 1 fully saturated rings. The number of hydrogen-bond acceptors (Lipinski definition) is 3. The number of amides is 2. The minimum absolute atomic E-state index is 0.297. The van der Waals surface area contributed by atoms with E-state index < -0.39 is 0 Å². The van der Waals surface area contributed by atoms with Crippen LogP contribution in [0.3, 0.4) is 0 Å². The van der Waals surface area contributed by atoms with Gasteiger partial charge in [-0.05, 0) is 18.6 Å². The lowest BCUT2D eigenvalue weighted by Crippen LogP contribution is -2.33. The molecule has 5 nitrogen and oxygen atoms in total. The van der Waals surface area contributed by atoms with Crippen LogP contribution in [-0.2, 0) is 4.74 Å². The van der Waals surface area contributed by atoms with Crippen molar-refractivity contribution in [2.24, 2.45) is 5.92 Å². The zero-order chi connectivity index (χ0) is 14.5. The van der Waals surface area contributed by atoms with Gasteiger partial charge in [-0.3, -0.25) is 0 Å². The van der Waals surface area contributed by atoms with E-state index in [1.54, 1.807) is 12.1 Å². The molecule has 1 aliphatic rings. The fourth-order valence-corrected chi connectivity index (χ4v) is 2.63. The van der Waals surface area contributed by atoms with Gasteiger partial charge >= 0.3 is 6.03 Å². The van der Waals surface area contributed by atoms with Crippen molar-refractivity contribution < 1.29 is 14.3 Å². The molecule has 1 aromatic carbocycles. The third-order valence-corrected chi connectivity index (χ3v) is 3.60. The quantitative estimate of drug-likeness (QED) is 0.896. The van der Waals surface area contributed by atoms with Gasteiger partial charge in [-0.1, -0.05) is 23.2 Å². The highest BCUT2D eigenvalue weighted by atomic mass is 35.5. The summed E-state index contributed by atoms with van der Waals surface area (Å²) in [6.45, 7) is 2.04. The molecule has 1 atom stereocenters. The minimum Gasteiger partial charge on any atom is -0.494 e. The maximum atomic E-state index is 11.8. The highest BCUT2D eigenvalue weighted by Gasteiger charge is 2.16. The second-order valence-corrected chi connectivity index (χ2v) is 5.35. The van der Waals surface area contributed by atoms with Crippen molar-refractivity contribution in [3.63, 3.8) is 0 Å². The third-order valence-electron chi connectivity index (χ3n) is 3.04. The fraction of sp³-hybridized carbons (Fsp3) is 0.462. The van der Waals surface area contributed by atoms with Gasteiger partial charge in [0.2, 0.25) is 0 Å². The molecule has 0 saturated carbocycles. The Morgan fingerprint density at radius 1 is 1.45 bits per heavy atom. The molecule has 110 valence electrons. The van der Waals surface area contributed by atoms with Crippen molar-refractivity contribution in [3.05, 3.63) is 22.2 Å². The molecule has 0 aromatic heterocycles. The predicted octanol–water partition coefficient (Wildman–Crippen LogP) is 3.16. The van der Waals surface area contributed by atoms with Crippen LogP contribution >= 0.6 is 23.2 Å². The van der Waals surface area contributed by atoms with Crippen molar-refractivity contribution in [2.75, 3.05) is 32.2 Å². The number of methoxy groups -OCH3 is 1. The summed E-state index contributed by atoms with van der Waals surface area (Å²) in [5.41, 5.74) is 0.515. The number of carbonyl (C=O) groups excluding carboxylic acids is 1. The standard InChI is InChI=1S/C13H16Cl2N2O3/c1-19-12-10(14)4-9(5-11(12)15)17-13(18)16-6-8-2-3-20-7-8/h4-5,8H,2-3,6-7H2,1H3,(H2,16,17,18). The Morgan fingerprint density at radius 2 is 2.15 bits per heavy atom. The van der Waals surface area contributed by atoms with Crippen LogP contribution in [0, 0.1) is 5.92 Å². The summed E-state index contributed by atoms with van der Waals surface area (Å²) >= 11 is 12.0. The Bertz CT molecular complexity index is 467. The summed E-state index contributed by atoms with van der Waals surface area (Å²) in [6.07, 6.45) is 0.973. The number of benzene rings is 1. The lowest BCUT2D eigenvalue weighted by Gasteiger charge is -2.12. The highest BCUT2D eigenvalue weighted by molar-refractivity contribution is 6.37. The Hall–Kier alpha value is -1.17. The van der Waals surface area contributed by atoms with E-state index in [9.17, 15) is 4.79 Å². The van der Waals surface area contributed by atoms with Gasteiger partial charge in [0.05, 0.1) is 23.8 Å². The van der Waals surface area contributed by atoms with Crippen molar-refractivity contribution in [2.45, 2.75) is 6.42 Å². The van der Waals surface area contributed by atoms with Crippen molar-refractivity contribution >= 4 is 34.9 Å². The lowest BCUT2D eigenvalue weighted by molar-refractivity contribution is 0.185. The second kappa shape index (κ2) is 7.02. The molecule has 2 amide bonds. The molecule has 2 N–H and O–H groups in total. The molecule has 1 aliphatic heterocycles. The van der Waals surface area contributed by atoms with Gasteiger partial charge in [-0.2, -0.15) is 0 Å². The third kappa shape index (κ3) is 3.91. The number of anilines is 1. The number of halogens is 2. The molecule has 1 unspecified atom stereocenters. The van der Waals surface area contributed by atoms with E-state index in [1.807, 2.05) is 0 Å². The van der Waals surface area contributed by atoms with Crippen LogP contribution in [0.2, 0.25) is 10.0 Å². The Kier molecular flexibility index (Phi) is 5.34. The molecule has 0 aliphatic carbocycles. The first-order valence-corrected chi connectivity index (χ1v) is 7.01. The molecule has 0 bridgehead atoms. The Labute approximate surface area is 127 Å². The monoisotopic (exact) mass is 318 g/mol. The topological polar surface area (TPSA) is 59.6 Å². The van der Waals surface area contributed by atoms with Gasteiger partial charge in [-0.15, -0.1) is 0 Å². The second-order valence-electron chi connectivity index (χ2n) is 4.54. The maximum absolute atomic E-state index is 11.8. The van der Waals surface area contributed by atoms with E-state index in [4.69, 9.17) is 32.7 Å². The van der Waals surface area contributed by atoms with Gasteiger partial charge in [0, 0.05) is 24.8 Å². The number of ether oxygens (including phenoxy) is 2. The predicted molar refractivity (Wildman–Crippen MR) is 79.0 cm³/mol. The summed E-state index contributed by atoms with van der Waals surface area (Å²) in [5.74, 6) is 0.770. The smallest absolute Gasteiger partial charge is 0.319 e. The average Bonchev–Trinajstić information content (AvgIpc) is 2.89. The van der Waals surface area contributed by atoms with Crippen LogP contribution in [0.4, 0.5) is 10.5 Å². The molecule has 7 heteroatoms. The summed E-state index contributed by atoms with van der Waals surface area (Å²) in [4.78, 5) is 11.8. The number of hydrogen-bond donors (Lipinski definition) is 2. The first kappa shape index (κ1) is 15.2. The molecule has 20 heavy (non-hydrogen) atoms. The fourth-order valence-electron chi connectivity index (χ4n) is 1.98. The summed E-state index contributed by atoms with van der Waals surface area (Å²) < 4.78 is 10.3. The van der Waals surface area contributed by atoms with E-state index in [1.165, 1.54) is 7.11 Å². The van der Waals surface area contributed by atoms with Gasteiger partial charge in [-0.25, -0.2) is 4.79 Å². The molecule has 1 aromatic rings. The summed E-state index contributed by atoms with van der Waals surface area (Å²) in [5, 5.41) is 6.17. The van der Waals surface area contributed by atoms with Crippen molar-refractivity contribution in [3.8, 4) is 5.75 Å². The Balaban J connectivity index is 1.90. The van der Waals surface area contributed by atoms with Crippen LogP contribution in [0.15, 0.2) is 12.1 Å². The van der Waals surface area contributed by atoms with Gasteiger partial charge in [0.1, 0.15) is 0 Å². The van der Waals surface area contributed by atoms with Gasteiger partial charge in [0.25, 0.3) is 0 Å². The van der Waals surface area contributed by atoms with E-state index in [0.29, 0.717) is 40.6 Å². The molecule has 1 saturated heterocycles. The summed E-state index contributed by atoms with van der Waals surface area (Å²) in [6, 6.07) is 2.88. The van der Waals surface area contributed by atoms with Crippen molar-refractivity contribution in [1.82, 2.24) is 5.32 Å². The largest absolute Gasteiger partial charge is 0.494 e. The first-order valence-electron chi connectivity index (χ1n) is 6.25. The highest BCUT2D eigenvalue weighted by Crippen LogP contribution is 2.35. The molecule has 0 radical (unpaired) electrons. The van der Waals surface area contributed by atoms with Crippen molar-refractivity contribution in [1.29, 1.82) is 0 Å². The SMILES string of the molecule is COc1c(Cl)cc(NC(=O)NCC2CCOC2)cc1Cl. The van der Waals surface area contributed by atoms with Gasteiger partial charge < -0.3 is 20.1 Å². The van der Waals surface area contributed by atoms with Gasteiger partial charge in [0.15, 0.2) is 5.75 Å². The van der Waals surface area contributed by atoms with Crippen LogP contribution < -0.4 is 15.4 Å². The molecular formula is C13H16Cl2N2O3. The zero-order valence-electron chi connectivity index (χ0n) is 11.0. The average molecular weight is 319 g/mol. The molecule has 0 spiro atoms. The van der Waals surface area contributed by atoms with E-state index in [0.717, 1.165) is 13.0 Å². The summed E-state index contributed by atoms with van der Waals surface area (Å²) in [7, 11) is 1.48. The number of carbonyl (C=O) groups is 1. The van der Waals surface area contributed by atoms with E-state index >= 15 is 0 Å². The number of nitrogens with one attached hydrogen (secondary N) is 2. The number of urea groups is 1. The zero-order valence-corrected chi connectivity index (χ0v) is 12.6. The minimum atomic E-state index is -0.297. The first-order chi connectivity index (χ1) is 9.60. The Morgan fingerprint density at radius 3 is 2.70 bits per heavy atom. The van der Waals surface area contributed by atoms with E-state index in [-0.39, 0.29) is 6.03 Å². The van der Waals surface area contributed by atoms with Crippen LogP contribution in [0.1, 0.15) is 6.42 Å². The number of rotatable bonds is 4. The molecular weight excluding hydrogens is 303 g/mol. The normalized spacial score (nSPS) is 17.9. The van der Waals surface area contributed by atoms with Crippen LogP contribution in [-0.4, -0.2) is 32.9 Å². The molecule has 1 heterocycles.